The lowest BCUT2D eigenvalue weighted by Gasteiger charge is -2.39. The first-order valence-corrected chi connectivity index (χ1v) is 9.86. The van der Waals surface area contributed by atoms with Crippen LogP contribution >= 0.6 is 0 Å². The normalized spacial score (nSPS) is 24.6. The van der Waals surface area contributed by atoms with Crippen molar-refractivity contribution in [3.63, 3.8) is 0 Å². The summed E-state index contributed by atoms with van der Waals surface area (Å²) in [5.74, 6) is -4.45. The minimum atomic E-state index is -1.88. The molecule has 34 heavy (non-hydrogen) atoms. The van der Waals surface area contributed by atoms with Gasteiger partial charge in [0.25, 0.3) is 0 Å². The predicted molar refractivity (Wildman–Crippen MR) is 112 cm³/mol. The molecule has 1 aliphatic rings. The van der Waals surface area contributed by atoms with E-state index in [2.05, 4.69) is 0 Å². The van der Waals surface area contributed by atoms with E-state index in [0.29, 0.717) is 5.56 Å². The molecule has 1 heterocycles. The summed E-state index contributed by atoms with van der Waals surface area (Å²) in [6.45, 7) is -0.571. The second-order valence-corrected chi connectivity index (χ2v) is 7.34. The van der Waals surface area contributed by atoms with Gasteiger partial charge in [-0.3, -0.25) is 0 Å². The van der Waals surface area contributed by atoms with Crippen LogP contribution in [0.2, 0.25) is 0 Å². The quantitative estimate of drug-likeness (QED) is 0.163. The number of aliphatic hydroxyl groups excluding tert-OH is 3. The van der Waals surface area contributed by atoms with Crippen molar-refractivity contribution in [1.29, 1.82) is 0 Å². The molecule has 0 aliphatic carbocycles. The van der Waals surface area contributed by atoms with E-state index in [1.165, 1.54) is 18.2 Å². The molecule has 0 spiro atoms. The Morgan fingerprint density at radius 2 is 1.53 bits per heavy atom. The third-order valence-electron chi connectivity index (χ3n) is 4.89. The monoisotopic (exact) mass is 478 g/mol. The minimum absolute atomic E-state index is 0.0539. The van der Waals surface area contributed by atoms with E-state index < -0.39 is 72.1 Å². The lowest BCUT2D eigenvalue weighted by molar-refractivity contribution is -0.285. The molecule has 0 saturated carbocycles. The van der Waals surface area contributed by atoms with Crippen LogP contribution in [-0.2, 0) is 19.0 Å². The molecule has 0 radical (unpaired) electrons. The standard InChI is InChI=1S/C22H22O12/c23-12-4-1-10(2-5-12)3-6-16(26)32-9-15-18(28)19(29)20(30)22(33-15)34-21(31)11-7-13(24)17(27)14(25)8-11/h1-8,15,18-20,22-25,27-30H,9H2/t15-,18-,19-,20+,22-/m0/s1. The van der Waals surface area contributed by atoms with E-state index in [9.17, 15) is 45.3 Å². The molecule has 182 valence electrons. The van der Waals surface area contributed by atoms with E-state index in [1.807, 2.05) is 0 Å². The van der Waals surface area contributed by atoms with Crippen LogP contribution in [0.15, 0.2) is 42.5 Å². The molecule has 5 atom stereocenters. The summed E-state index contributed by atoms with van der Waals surface area (Å²) in [7, 11) is 0. The second kappa shape index (κ2) is 10.4. The molecule has 2 aromatic rings. The number of ether oxygens (including phenoxy) is 3. The highest BCUT2D eigenvalue weighted by Gasteiger charge is 2.46. The molecule has 0 amide bonds. The number of aliphatic hydroxyl groups is 3. The van der Waals surface area contributed by atoms with Crippen molar-refractivity contribution in [2.24, 2.45) is 0 Å². The Labute approximate surface area is 192 Å². The van der Waals surface area contributed by atoms with Gasteiger partial charge in [0, 0.05) is 6.08 Å². The summed E-state index contributed by atoms with van der Waals surface area (Å²) in [5, 5.41) is 67.9. The number of hydrogen-bond donors (Lipinski definition) is 7. The summed E-state index contributed by atoms with van der Waals surface area (Å²) in [4.78, 5) is 24.3. The first kappa shape index (κ1) is 24.8. The number of rotatable bonds is 6. The van der Waals surface area contributed by atoms with Crippen LogP contribution < -0.4 is 0 Å². The Kier molecular flexibility index (Phi) is 7.58. The lowest BCUT2D eigenvalue weighted by atomic mass is 9.99. The van der Waals surface area contributed by atoms with Crippen molar-refractivity contribution in [1.82, 2.24) is 0 Å². The molecular weight excluding hydrogens is 456 g/mol. The van der Waals surface area contributed by atoms with Crippen LogP contribution in [0.1, 0.15) is 15.9 Å². The summed E-state index contributed by atoms with van der Waals surface area (Å²) in [5.41, 5.74) is 0.187. The Balaban J connectivity index is 1.62. The number of phenolic OH excluding ortho intramolecular Hbond substituents is 4. The SMILES string of the molecule is O=C(C=Cc1ccc(O)cc1)OC[C@@H]1O[C@@H](OC(=O)c2cc(O)c(O)c(O)c2)[C@H](O)[C@@H](O)[C@H]1O. The highest BCUT2D eigenvalue weighted by molar-refractivity contribution is 5.91. The van der Waals surface area contributed by atoms with Gasteiger partial charge in [0.05, 0.1) is 5.56 Å². The van der Waals surface area contributed by atoms with Crippen molar-refractivity contribution in [2.75, 3.05) is 6.61 Å². The van der Waals surface area contributed by atoms with Gasteiger partial charge < -0.3 is 50.0 Å². The summed E-state index contributed by atoms with van der Waals surface area (Å²) in [6, 6.07) is 7.53. The fraction of sp³-hybridized carbons (Fsp3) is 0.273. The van der Waals surface area contributed by atoms with Gasteiger partial charge in [-0.2, -0.15) is 0 Å². The van der Waals surface area contributed by atoms with Gasteiger partial charge in [-0.25, -0.2) is 9.59 Å². The smallest absolute Gasteiger partial charge is 0.340 e. The minimum Gasteiger partial charge on any atom is -0.508 e. The van der Waals surface area contributed by atoms with E-state index in [4.69, 9.17) is 14.2 Å². The molecule has 0 unspecified atom stereocenters. The van der Waals surface area contributed by atoms with Gasteiger partial charge in [0.15, 0.2) is 17.2 Å². The molecule has 2 aromatic carbocycles. The molecule has 3 rings (SSSR count). The van der Waals surface area contributed by atoms with Gasteiger partial charge in [0.1, 0.15) is 36.8 Å². The maximum absolute atomic E-state index is 12.3. The number of carbonyl (C=O) groups excluding carboxylic acids is 2. The average molecular weight is 478 g/mol. The molecule has 12 heteroatoms. The zero-order valence-electron chi connectivity index (χ0n) is 17.4. The van der Waals surface area contributed by atoms with Crippen LogP contribution in [-0.4, -0.2) is 85.0 Å². The number of hydrogen-bond acceptors (Lipinski definition) is 12. The highest BCUT2D eigenvalue weighted by atomic mass is 16.7. The second-order valence-electron chi connectivity index (χ2n) is 7.34. The van der Waals surface area contributed by atoms with Crippen LogP contribution in [0.5, 0.6) is 23.0 Å². The Morgan fingerprint density at radius 3 is 2.15 bits per heavy atom. The van der Waals surface area contributed by atoms with Gasteiger partial charge >= 0.3 is 11.9 Å². The summed E-state index contributed by atoms with van der Waals surface area (Å²) < 4.78 is 15.2. The Morgan fingerprint density at radius 1 is 0.912 bits per heavy atom. The zero-order chi connectivity index (χ0) is 25.0. The number of benzene rings is 2. The molecule has 0 aromatic heterocycles. The topological polar surface area (TPSA) is 203 Å². The maximum Gasteiger partial charge on any atom is 0.340 e. The van der Waals surface area contributed by atoms with Crippen LogP contribution in [0.4, 0.5) is 0 Å². The summed E-state index contributed by atoms with van der Waals surface area (Å²) >= 11 is 0. The Bertz CT molecular complexity index is 1040. The number of esters is 2. The van der Waals surface area contributed by atoms with Gasteiger partial charge in [-0.1, -0.05) is 12.1 Å². The van der Waals surface area contributed by atoms with E-state index in [-0.39, 0.29) is 5.75 Å². The molecule has 0 bridgehead atoms. The van der Waals surface area contributed by atoms with Crippen molar-refractivity contribution in [3.05, 3.63) is 53.6 Å². The fourth-order valence-corrected chi connectivity index (χ4v) is 3.01. The number of carbonyl (C=O) groups is 2. The predicted octanol–water partition coefficient (Wildman–Crippen LogP) is -0.270. The summed E-state index contributed by atoms with van der Waals surface area (Å²) in [6.07, 6.45) is -6.10. The number of aromatic hydroxyl groups is 4. The maximum atomic E-state index is 12.3. The van der Waals surface area contributed by atoms with Crippen molar-refractivity contribution < 1.29 is 59.5 Å². The van der Waals surface area contributed by atoms with Crippen LogP contribution in [0.25, 0.3) is 6.08 Å². The van der Waals surface area contributed by atoms with E-state index in [1.54, 1.807) is 12.1 Å². The highest BCUT2D eigenvalue weighted by Crippen LogP contribution is 2.36. The van der Waals surface area contributed by atoms with Crippen LogP contribution in [0.3, 0.4) is 0 Å². The number of phenols is 4. The largest absolute Gasteiger partial charge is 0.508 e. The lowest BCUT2D eigenvalue weighted by Crippen LogP contribution is -2.59. The van der Waals surface area contributed by atoms with Crippen molar-refractivity contribution in [2.45, 2.75) is 30.7 Å². The molecule has 1 saturated heterocycles. The van der Waals surface area contributed by atoms with E-state index >= 15 is 0 Å². The molecular formula is C22H22O12. The van der Waals surface area contributed by atoms with Gasteiger partial charge in [-0.15, -0.1) is 0 Å². The third kappa shape index (κ3) is 5.74. The van der Waals surface area contributed by atoms with Crippen molar-refractivity contribution >= 4 is 18.0 Å². The first-order chi connectivity index (χ1) is 16.1. The van der Waals surface area contributed by atoms with E-state index in [0.717, 1.165) is 18.2 Å². The zero-order valence-corrected chi connectivity index (χ0v) is 17.4. The molecule has 7 N–H and O–H groups in total. The van der Waals surface area contributed by atoms with Crippen LogP contribution in [0, 0.1) is 0 Å². The molecule has 1 aliphatic heterocycles. The molecule has 12 nitrogen and oxygen atoms in total. The average Bonchev–Trinajstić information content (AvgIpc) is 2.81. The van der Waals surface area contributed by atoms with Gasteiger partial charge in [-0.05, 0) is 35.9 Å². The Hall–Kier alpha value is -3.84. The first-order valence-electron chi connectivity index (χ1n) is 9.86. The van der Waals surface area contributed by atoms with Crippen molar-refractivity contribution in [3.8, 4) is 23.0 Å². The third-order valence-corrected chi connectivity index (χ3v) is 4.89. The molecule has 1 fully saturated rings. The fourth-order valence-electron chi connectivity index (χ4n) is 3.01. The van der Waals surface area contributed by atoms with Gasteiger partial charge in [0.2, 0.25) is 6.29 Å².